The number of H-pyrrole nitrogens is 1. The van der Waals surface area contributed by atoms with E-state index in [0.29, 0.717) is 0 Å². The van der Waals surface area contributed by atoms with E-state index in [9.17, 15) is 0 Å². The van der Waals surface area contributed by atoms with Crippen molar-refractivity contribution >= 4 is 70.7 Å². The van der Waals surface area contributed by atoms with Crippen LogP contribution in [0.2, 0.25) is 0 Å². The van der Waals surface area contributed by atoms with Gasteiger partial charge in [-0.1, -0.05) is 66.7 Å². The van der Waals surface area contributed by atoms with Crippen molar-refractivity contribution in [3.63, 3.8) is 0 Å². The van der Waals surface area contributed by atoms with E-state index in [1.165, 1.54) is 70.7 Å². The van der Waals surface area contributed by atoms with Gasteiger partial charge in [-0.05, 0) is 40.4 Å². The second kappa shape index (κ2) is 4.92. The average molecular weight is 380 g/mol. The first kappa shape index (κ1) is 14.9. The van der Waals surface area contributed by atoms with E-state index in [2.05, 4.69) is 100 Å². The number of aromatic amines is 1. The fourth-order valence-electron chi connectivity index (χ4n) is 5.67. The van der Waals surface area contributed by atoms with Gasteiger partial charge in [-0.3, -0.25) is 0 Å². The molecule has 2 heteroatoms. The molecule has 0 aliphatic heterocycles. The van der Waals surface area contributed by atoms with Crippen LogP contribution < -0.4 is 0 Å². The molecule has 0 atom stereocenters. The molecule has 3 aromatic heterocycles. The third-order valence-corrected chi connectivity index (χ3v) is 6.84. The predicted octanol–water partition coefficient (Wildman–Crippen LogP) is 7.62. The number of fused-ring (bicyclic) bond motifs is 8. The Morgan fingerprint density at radius 3 is 2.23 bits per heavy atom. The smallest absolute Gasteiger partial charge is 0.0641 e. The zero-order chi connectivity index (χ0) is 19.4. The first-order valence-corrected chi connectivity index (χ1v) is 10.4. The van der Waals surface area contributed by atoms with Gasteiger partial charge in [0.1, 0.15) is 0 Å². The Hall–Kier alpha value is -4.04. The van der Waals surface area contributed by atoms with Gasteiger partial charge in [0.05, 0.1) is 16.6 Å². The van der Waals surface area contributed by atoms with Gasteiger partial charge in [0.25, 0.3) is 0 Å². The number of para-hydroxylation sites is 1. The van der Waals surface area contributed by atoms with Gasteiger partial charge in [0, 0.05) is 38.0 Å². The van der Waals surface area contributed by atoms with Crippen molar-refractivity contribution in [3.05, 3.63) is 91.0 Å². The highest BCUT2D eigenvalue weighted by Crippen LogP contribution is 2.44. The minimum atomic E-state index is 1.20. The molecule has 1 N–H and O–H groups in total. The highest BCUT2D eigenvalue weighted by molar-refractivity contribution is 6.34. The Kier molecular flexibility index (Phi) is 2.44. The molecule has 30 heavy (non-hydrogen) atoms. The van der Waals surface area contributed by atoms with Crippen molar-refractivity contribution in [1.29, 1.82) is 0 Å². The molecule has 0 spiro atoms. The molecule has 0 saturated carbocycles. The van der Waals surface area contributed by atoms with E-state index >= 15 is 0 Å². The van der Waals surface area contributed by atoms with Crippen LogP contribution in [0.3, 0.4) is 0 Å². The molecule has 8 rings (SSSR count). The molecule has 0 unspecified atom stereocenters. The summed E-state index contributed by atoms with van der Waals surface area (Å²) >= 11 is 0. The summed E-state index contributed by atoms with van der Waals surface area (Å²) in [5.74, 6) is 0. The maximum absolute atomic E-state index is 3.67. The monoisotopic (exact) mass is 380 g/mol. The zero-order valence-corrected chi connectivity index (χ0v) is 16.1. The van der Waals surface area contributed by atoms with Crippen LogP contribution in [0, 0.1) is 0 Å². The fourth-order valence-corrected chi connectivity index (χ4v) is 5.67. The number of nitrogens with one attached hydrogen (secondary N) is 1. The first-order valence-electron chi connectivity index (χ1n) is 10.4. The number of aromatic nitrogens is 2. The quantitative estimate of drug-likeness (QED) is 0.279. The Balaban J connectivity index is 1.89. The Morgan fingerprint density at radius 1 is 0.467 bits per heavy atom. The largest absolute Gasteiger partial charge is 0.354 e. The van der Waals surface area contributed by atoms with Crippen LogP contribution in [-0.2, 0) is 0 Å². The number of hydrogen-bond donors (Lipinski definition) is 1. The highest BCUT2D eigenvalue weighted by atomic mass is 14.9. The summed E-state index contributed by atoms with van der Waals surface area (Å²) in [6.07, 6.45) is 0. The molecular formula is C28H16N2. The molecule has 0 aliphatic carbocycles. The van der Waals surface area contributed by atoms with Crippen LogP contribution in [0.1, 0.15) is 0 Å². The molecule has 0 amide bonds. The number of rotatable bonds is 0. The molecule has 3 heterocycles. The minimum Gasteiger partial charge on any atom is -0.354 e. The number of hydrogen-bond acceptors (Lipinski definition) is 0. The van der Waals surface area contributed by atoms with Gasteiger partial charge in [-0.25, -0.2) is 0 Å². The maximum atomic E-state index is 3.67. The van der Waals surface area contributed by atoms with Gasteiger partial charge in [0.15, 0.2) is 0 Å². The maximum Gasteiger partial charge on any atom is 0.0641 e. The van der Waals surface area contributed by atoms with Gasteiger partial charge < -0.3 is 9.38 Å². The first-order chi connectivity index (χ1) is 14.9. The van der Waals surface area contributed by atoms with E-state index in [1.54, 1.807) is 0 Å². The van der Waals surface area contributed by atoms with Crippen molar-refractivity contribution in [3.8, 4) is 0 Å². The third kappa shape index (κ3) is 1.56. The topological polar surface area (TPSA) is 20.2 Å². The number of benzene rings is 5. The van der Waals surface area contributed by atoms with Gasteiger partial charge in [-0.15, -0.1) is 0 Å². The lowest BCUT2D eigenvalue weighted by Crippen LogP contribution is -1.85. The van der Waals surface area contributed by atoms with Crippen molar-refractivity contribution in [2.24, 2.45) is 0 Å². The van der Waals surface area contributed by atoms with E-state index in [1.807, 2.05) is 0 Å². The summed E-state index contributed by atoms with van der Waals surface area (Å²) in [5, 5.41) is 10.5. The third-order valence-electron chi connectivity index (χ3n) is 6.84. The molecule has 138 valence electrons. The summed E-state index contributed by atoms with van der Waals surface area (Å²) in [4.78, 5) is 3.67. The molecule has 0 saturated heterocycles. The molecule has 0 fully saturated rings. The van der Waals surface area contributed by atoms with Crippen molar-refractivity contribution in [2.75, 3.05) is 0 Å². The molecule has 0 radical (unpaired) electrons. The molecule has 8 aromatic rings. The van der Waals surface area contributed by atoms with Crippen molar-refractivity contribution < 1.29 is 0 Å². The second-order valence-electron chi connectivity index (χ2n) is 8.27. The van der Waals surface area contributed by atoms with Crippen LogP contribution in [0.15, 0.2) is 91.0 Å². The summed E-state index contributed by atoms with van der Waals surface area (Å²) in [7, 11) is 0. The highest BCUT2D eigenvalue weighted by Gasteiger charge is 2.20. The molecular weight excluding hydrogens is 364 g/mol. The predicted molar refractivity (Wildman–Crippen MR) is 128 cm³/mol. The van der Waals surface area contributed by atoms with E-state index in [4.69, 9.17) is 0 Å². The molecule has 0 aliphatic rings. The fraction of sp³-hybridized carbons (Fsp3) is 0. The molecule has 5 aromatic carbocycles. The van der Waals surface area contributed by atoms with Gasteiger partial charge >= 0.3 is 0 Å². The second-order valence-corrected chi connectivity index (χ2v) is 8.27. The lowest BCUT2D eigenvalue weighted by Gasteiger charge is -2.03. The minimum absolute atomic E-state index is 1.20. The molecule has 2 nitrogen and oxygen atoms in total. The summed E-state index contributed by atoms with van der Waals surface area (Å²) in [5.41, 5.74) is 6.23. The average Bonchev–Trinajstić information content (AvgIpc) is 3.30. The molecule has 0 bridgehead atoms. The Morgan fingerprint density at radius 2 is 1.27 bits per heavy atom. The van der Waals surface area contributed by atoms with Crippen molar-refractivity contribution in [1.82, 2.24) is 9.38 Å². The lowest BCUT2D eigenvalue weighted by molar-refractivity contribution is 1.36. The summed E-state index contributed by atoms with van der Waals surface area (Å²) < 4.78 is 2.49. The van der Waals surface area contributed by atoms with E-state index in [-0.39, 0.29) is 0 Å². The van der Waals surface area contributed by atoms with Gasteiger partial charge in [-0.2, -0.15) is 0 Å². The van der Waals surface area contributed by atoms with Crippen LogP contribution >= 0.6 is 0 Å². The van der Waals surface area contributed by atoms with Gasteiger partial charge in [0.2, 0.25) is 0 Å². The van der Waals surface area contributed by atoms with Crippen LogP contribution in [0.4, 0.5) is 0 Å². The Bertz CT molecular complexity index is 1930. The SMILES string of the molecule is c1ccc2c(c1)ccc1c2c2ccc3[nH]c4cccc5c6ccccc6n1c2c3c45. The summed E-state index contributed by atoms with van der Waals surface area (Å²) in [6, 6.07) is 33.3. The van der Waals surface area contributed by atoms with Crippen LogP contribution in [0.5, 0.6) is 0 Å². The van der Waals surface area contributed by atoms with Crippen LogP contribution in [0.25, 0.3) is 70.7 Å². The Labute approximate surface area is 171 Å². The van der Waals surface area contributed by atoms with Crippen molar-refractivity contribution in [2.45, 2.75) is 0 Å². The van der Waals surface area contributed by atoms with E-state index < -0.39 is 0 Å². The standard InChI is InChI=1S/C28H16N2/c1-2-7-17-16(6-1)12-15-24-25(17)20-13-14-22-27-26-19(9-5-10-21(26)29-22)18-8-3-4-11-23(18)30(24)28(20)27/h1-15,29H. The number of nitrogens with zero attached hydrogens (tertiary/aromatic N) is 1. The zero-order valence-electron chi connectivity index (χ0n) is 16.1. The lowest BCUT2D eigenvalue weighted by atomic mass is 10.0. The van der Waals surface area contributed by atoms with Crippen LogP contribution in [-0.4, -0.2) is 9.38 Å². The van der Waals surface area contributed by atoms with E-state index in [0.717, 1.165) is 0 Å². The normalized spacial score (nSPS) is 12.7. The summed E-state index contributed by atoms with van der Waals surface area (Å²) in [6.45, 7) is 0.